The van der Waals surface area contributed by atoms with Crippen LogP contribution in [0.3, 0.4) is 0 Å². The molecule has 1 aromatic heterocycles. The van der Waals surface area contributed by atoms with Gasteiger partial charge in [-0.2, -0.15) is 15.0 Å². The predicted octanol–water partition coefficient (Wildman–Crippen LogP) is 4.30. The second kappa shape index (κ2) is 18.3. The lowest BCUT2D eigenvalue weighted by Crippen LogP contribution is -2.17. The average Bonchev–Trinajstić information content (AvgIpc) is 3.07. The number of hydrogen-bond donors (Lipinski definition) is 4. The highest BCUT2D eigenvalue weighted by molar-refractivity contribution is 5.46. The molecule has 11 heteroatoms. The molecule has 0 aliphatic carbocycles. The van der Waals surface area contributed by atoms with Crippen molar-refractivity contribution in [3.63, 3.8) is 0 Å². The lowest BCUT2D eigenvalue weighted by Gasteiger charge is -2.14. The Morgan fingerprint density at radius 3 is 1.93 bits per heavy atom. The van der Waals surface area contributed by atoms with Crippen LogP contribution < -0.4 is 31.2 Å². The number of aryl methyl sites for hydroxylation is 2. The van der Waals surface area contributed by atoms with Crippen LogP contribution in [-0.4, -0.2) is 68.7 Å². The van der Waals surface area contributed by atoms with Gasteiger partial charge in [0.2, 0.25) is 17.8 Å². The maximum atomic E-state index is 5.63. The molecule has 1 heterocycles. The Hall–Kier alpha value is -4.45. The summed E-state index contributed by atoms with van der Waals surface area (Å²) in [6.07, 6.45) is 1.92. The van der Waals surface area contributed by atoms with Gasteiger partial charge in [0, 0.05) is 26.2 Å². The second-order valence-corrected chi connectivity index (χ2v) is 9.90. The molecule has 0 atom stereocenters. The van der Waals surface area contributed by atoms with E-state index in [9.17, 15) is 0 Å². The highest BCUT2D eigenvalue weighted by atomic mass is 16.5. The zero-order valence-electron chi connectivity index (χ0n) is 25.6. The molecule has 0 spiro atoms. The number of nitrogens with one attached hydrogen (secondary N) is 3. The quantitative estimate of drug-likeness (QED) is 0.108. The SMILES string of the molecule is COc1ccc(CNc2nc(NCCOCCOCCN)nc(NCc3ccccc3CCc3ccccc3)n2)cc1OC. The van der Waals surface area contributed by atoms with Gasteiger partial charge in [0.15, 0.2) is 11.5 Å². The van der Waals surface area contributed by atoms with Crippen LogP contribution in [0.4, 0.5) is 17.8 Å². The summed E-state index contributed by atoms with van der Waals surface area (Å²) in [7, 11) is 3.24. The smallest absolute Gasteiger partial charge is 0.229 e. The van der Waals surface area contributed by atoms with Crippen LogP contribution in [0.5, 0.6) is 11.5 Å². The molecule has 0 fully saturated rings. The van der Waals surface area contributed by atoms with Gasteiger partial charge >= 0.3 is 0 Å². The first-order valence-corrected chi connectivity index (χ1v) is 14.8. The second-order valence-electron chi connectivity index (χ2n) is 9.90. The van der Waals surface area contributed by atoms with E-state index in [1.807, 2.05) is 24.3 Å². The first-order chi connectivity index (χ1) is 21.7. The van der Waals surface area contributed by atoms with Gasteiger partial charge in [0.25, 0.3) is 0 Å². The molecule has 0 saturated heterocycles. The van der Waals surface area contributed by atoms with Gasteiger partial charge in [-0.05, 0) is 47.2 Å². The molecular formula is C33H43N7O4. The predicted molar refractivity (Wildman–Crippen MR) is 174 cm³/mol. The first kappa shape index (κ1) is 32.5. The fraction of sp³-hybridized carbons (Fsp3) is 0.364. The van der Waals surface area contributed by atoms with Crippen molar-refractivity contribution in [2.24, 2.45) is 5.73 Å². The number of benzene rings is 3. The number of rotatable bonds is 20. The third-order valence-electron chi connectivity index (χ3n) is 6.78. The van der Waals surface area contributed by atoms with Gasteiger partial charge in [-0.3, -0.25) is 0 Å². The van der Waals surface area contributed by atoms with Gasteiger partial charge < -0.3 is 40.6 Å². The van der Waals surface area contributed by atoms with Crippen molar-refractivity contribution in [2.45, 2.75) is 25.9 Å². The average molecular weight is 602 g/mol. The number of hydrogen-bond acceptors (Lipinski definition) is 11. The van der Waals surface area contributed by atoms with Crippen molar-refractivity contribution in [1.82, 2.24) is 15.0 Å². The van der Waals surface area contributed by atoms with Crippen molar-refractivity contribution >= 4 is 17.8 Å². The standard InChI is InChI=1S/C33H43N7O4/c1-41-29-15-13-26(22-30(29)42-2)23-36-32-38-31(35-17-19-44-21-20-43-18-16-34)39-33(40-32)37-24-28-11-7-6-10-27(28)14-12-25-8-4-3-5-9-25/h3-11,13,15,22H,12,14,16-21,23-24,34H2,1-2H3,(H3,35,36,37,38,39,40). The number of nitrogens with zero attached hydrogens (tertiary/aromatic N) is 3. The van der Waals surface area contributed by atoms with Crippen molar-refractivity contribution < 1.29 is 18.9 Å². The third kappa shape index (κ3) is 10.7. The number of nitrogens with two attached hydrogens (primary N) is 1. The van der Waals surface area contributed by atoms with E-state index >= 15 is 0 Å². The largest absolute Gasteiger partial charge is 0.493 e. The molecule has 0 aliphatic heterocycles. The van der Waals surface area contributed by atoms with E-state index in [2.05, 4.69) is 79.4 Å². The molecule has 0 saturated carbocycles. The van der Waals surface area contributed by atoms with Crippen molar-refractivity contribution in [2.75, 3.05) is 69.7 Å². The summed E-state index contributed by atoms with van der Waals surface area (Å²) in [4.78, 5) is 13.9. The molecular weight excluding hydrogens is 558 g/mol. The number of aromatic nitrogens is 3. The molecule has 5 N–H and O–H groups in total. The molecule has 234 valence electrons. The monoisotopic (exact) mass is 601 g/mol. The fourth-order valence-corrected chi connectivity index (χ4v) is 4.50. The Morgan fingerprint density at radius 1 is 0.591 bits per heavy atom. The summed E-state index contributed by atoms with van der Waals surface area (Å²) >= 11 is 0. The van der Waals surface area contributed by atoms with E-state index in [0.29, 0.717) is 82.0 Å². The van der Waals surface area contributed by atoms with Crippen LogP contribution in [0.15, 0.2) is 72.8 Å². The zero-order valence-corrected chi connectivity index (χ0v) is 25.6. The van der Waals surface area contributed by atoms with Gasteiger partial charge in [-0.1, -0.05) is 60.7 Å². The minimum atomic E-state index is 0.438. The van der Waals surface area contributed by atoms with Crippen LogP contribution in [-0.2, 0) is 35.4 Å². The molecule has 0 bridgehead atoms. The van der Waals surface area contributed by atoms with Crippen LogP contribution in [0.2, 0.25) is 0 Å². The van der Waals surface area contributed by atoms with Crippen LogP contribution in [0.25, 0.3) is 0 Å². The van der Waals surface area contributed by atoms with E-state index in [-0.39, 0.29) is 0 Å². The summed E-state index contributed by atoms with van der Waals surface area (Å²) in [5.41, 5.74) is 10.2. The lowest BCUT2D eigenvalue weighted by atomic mass is 10.00. The Kier molecular flexibility index (Phi) is 13.5. The normalized spacial score (nSPS) is 10.8. The van der Waals surface area contributed by atoms with Crippen LogP contribution in [0.1, 0.15) is 22.3 Å². The van der Waals surface area contributed by atoms with E-state index in [1.54, 1.807) is 14.2 Å². The molecule has 0 radical (unpaired) electrons. The Labute approximate surface area is 259 Å². The molecule has 11 nitrogen and oxygen atoms in total. The van der Waals surface area contributed by atoms with Crippen molar-refractivity contribution in [3.8, 4) is 11.5 Å². The Bertz CT molecular complexity index is 1410. The Morgan fingerprint density at radius 2 is 1.23 bits per heavy atom. The van der Waals surface area contributed by atoms with Crippen LogP contribution >= 0.6 is 0 Å². The maximum Gasteiger partial charge on any atom is 0.229 e. The third-order valence-corrected chi connectivity index (χ3v) is 6.78. The van der Waals surface area contributed by atoms with Crippen molar-refractivity contribution in [3.05, 3.63) is 95.1 Å². The summed E-state index contributed by atoms with van der Waals surface area (Å²) in [6, 6.07) is 24.7. The van der Waals surface area contributed by atoms with Crippen LogP contribution in [0, 0.1) is 0 Å². The zero-order chi connectivity index (χ0) is 30.8. The fourth-order valence-electron chi connectivity index (χ4n) is 4.50. The van der Waals surface area contributed by atoms with E-state index in [0.717, 1.165) is 18.4 Å². The van der Waals surface area contributed by atoms with E-state index in [1.165, 1.54) is 16.7 Å². The summed E-state index contributed by atoms with van der Waals surface area (Å²) < 4.78 is 21.8. The highest BCUT2D eigenvalue weighted by Crippen LogP contribution is 2.27. The van der Waals surface area contributed by atoms with E-state index in [4.69, 9.17) is 24.7 Å². The van der Waals surface area contributed by atoms with E-state index < -0.39 is 0 Å². The number of methoxy groups -OCH3 is 2. The number of ether oxygens (including phenoxy) is 4. The summed E-state index contributed by atoms with van der Waals surface area (Å²) in [6.45, 7) is 4.09. The molecule has 4 rings (SSSR count). The molecule has 0 aliphatic rings. The lowest BCUT2D eigenvalue weighted by molar-refractivity contribution is 0.0547. The van der Waals surface area contributed by atoms with Crippen molar-refractivity contribution in [1.29, 1.82) is 0 Å². The molecule has 4 aromatic rings. The molecule has 0 unspecified atom stereocenters. The molecule has 44 heavy (non-hydrogen) atoms. The molecule has 3 aromatic carbocycles. The summed E-state index contributed by atoms with van der Waals surface area (Å²) in [5, 5.41) is 9.96. The minimum absolute atomic E-state index is 0.438. The highest BCUT2D eigenvalue weighted by Gasteiger charge is 2.10. The van der Waals surface area contributed by atoms with Gasteiger partial charge in [-0.15, -0.1) is 0 Å². The van der Waals surface area contributed by atoms with Gasteiger partial charge in [-0.25, -0.2) is 0 Å². The van der Waals surface area contributed by atoms with Gasteiger partial charge in [0.1, 0.15) is 0 Å². The topological polar surface area (TPSA) is 138 Å². The Balaban J connectivity index is 1.41. The minimum Gasteiger partial charge on any atom is -0.493 e. The maximum absolute atomic E-state index is 5.63. The first-order valence-electron chi connectivity index (χ1n) is 14.8. The summed E-state index contributed by atoms with van der Waals surface area (Å²) in [5.74, 6) is 2.68. The van der Waals surface area contributed by atoms with Gasteiger partial charge in [0.05, 0.1) is 40.6 Å². The molecule has 0 amide bonds. The number of anilines is 3.